The van der Waals surface area contributed by atoms with Crippen LogP contribution in [-0.4, -0.2) is 23.5 Å². The SMILES string of the molecule is CCCCN(C)C(C(N)=S)c1ccc(CC)cc1. The van der Waals surface area contributed by atoms with E-state index in [9.17, 15) is 0 Å². The monoisotopic (exact) mass is 264 g/mol. The molecule has 0 saturated heterocycles. The third kappa shape index (κ3) is 4.07. The van der Waals surface area contributed by atoms with Crippen molar-refractivity contribution in [3.05, 3.63) is 35.4 Å². The molecule has 1 unspecified atom stereocenters. The number of hydrogen-bond acceptors (Lipinski definition) is 2. The van der Waals surface area contributed by atoms with Crippen molar-refractivity contribution in [3.63, 3.8) is 0 Å². The maximum absolute atomic E-state index is 5.90. The van der Waals surface area contributed by atoms with Gasteiger partial charge in [-0.25, -0.2) is 0 Å². The molecule has 0 fully saturated rings. The normalized spacial score (nSPS) is 12.7. The van der Waals surface area contributed by atoms with Crippen LogP contribution in [0.1, 0.15) is 43.9 Å². The minimum Gasteiger partial charge on any atom is -0.392 e. The van der Waals surface area contributed by atoms with E-state index in [1.54, 1.807) is 0 Å². The van der Waals surface area contributed by atoms with Gasteiger partial charge in [-0.15, -0.1) is 0 Å². The van der Waals surface area contributed by atoms with Crippen molar-refractivity contribution in [1.29, 1.82) is 0 Å². The minimum atomic E-state index is 0.0532. The van der Waals surface area contributed by atoms with Crippen LogP contribution in [0.3, 0.4) is 0 Å². The number of thiocarbonyl (C=S) groups is 1. The molecule has 0 spiro atoms. The zero-order chi connectivity index (χ0) is 13.5. The van der Waals surface area contributed by atoms with Crippen LogP contribution in [0.15, 0.2) is 24.3 Å². The summed E-state index contributed by atoms with van der Waals surface area (Å²) in [7, 11) is 2.09. The van der Waals surface area contributed by atoms with E-state index < -0.39 is 0 Å². The third-order valence-corrected chi connectivity index (χ3v) is 3.50. The van der Waals surface area contributed by atoms with E-state index in [1.807, 2.05) is 0 Å². The maximum Gasteiger partial charge on any atom is 0.0948 e. The molecule has 1 aromatic rings. The zero-order valence-corrected chi connectivity index (χ0v) is 12.5. The molecule has 0 bridgehead atoms. The van der Waals surface area contributed by atoms with Gasteiger partial charge in [0, 0.05) is 0 Å². The molecular formula is C15H24N2S. The number of rotatable bonds is 7. The van der Waals surface area contributed by atoms with E-state index in [0.29, 0.717) is 4.99 Å². The fourth-order valence-corrected chi connectivity index (χ4v) is 2.42. The highest BCUT2D eigenvalue weighted by Crippen LogP contribution is 2.21. The lowest BCUT2D eigenvalue weighted by Crippen LogP contribution is -2.34. The van der Waals surface area contributed by atoms with Crippen LogP contribution < -0.4 is 5.73 Å². The number of likely N-dealkylation sites (N-methyl/N-ethyl adjacent to an activating group) is 1. The van der Waals surface area contributed by atoms with Gasteiger partial charge in [-0.2, -0.15) is 0 Å². The van der Waals surface area contributed by atoms with E-state index in [0.717, 1.165) is 13.0 Å². The molecule has 0 aliphatic carbocycles. The summed E-state index contributed by atoms with van der Waals surface area (Å²) in [5, 5.41) is 0. The van der Waals surface area contributed by atoms with Crippen LogP contribution >= 0.6 is 12.2 Å². The second-order valence-electron chi connectivity index (χ2n) is 4.73. The van der Waals surface area contributed by atoms with Crippen LogP contribution in [0.4, 0.5) is 0 Å². The first-order valence-electron chi connectivity index (χ1n) is 6.68. The Bertz CT molecular complexity index is 373. The van der Waals surface area contributed by atoms with Crippen molar-refractivity contribution >= 4 is 17.2 Å². The Hall–Kier alpha value is -0.930. The van der Waals surface area contributed by atoms with E-state index in [2.05, 4.69) is 50.1 Å². The van der Waals surface area contributed by atoms with Crippen LogP contribution in [0, 0.1) is 0 Å². The molecule has 0 aromatic heterocycles. The van der Waals surface area contributed by atoms with Gasteiger partial charge in [0.05, 0.1) is 11.0 Å². The van der Waals surface area contributed by atoms with E-state index >= 15 is 0 Å². The third-order valence-electron chi connectivity index (χ3n) is 3.28. The van der Waals surface area contributed by atoms with Crippen LogP contribution in [0.2, 0.25) is 0 Å². The quantitative estimate of drug-likeness (QED) is 0.766. The molecule has 3 heteroatoms. The van der Waals surface area contributed by atoms with Gasteiger partial charge < -0.3 is 5.73 Å². The number of aryl methyl sites for hydroxylation is 1. The van der Waals surface area contributed by atoms with Gasteiger partial charge in [0.15, 0.2) is 0 Å². The molecule has 0 saturated carbocycles. The Morgan fingerprint density at radius 3 is 2.33 bits per heavy atom. The van der Waals surface area contributed by atoms with Crippen LogP contribution in [0.25, 0.3) is 0 Å². The van der Waals surface area contributed by atoms with Gasteiger partial charge in [-0.1, -0.05) is 56.8 Å². The summed E-state index contributed by atoms with van der Waals surface area (Å²) in [5.74, 6) is 0. The predicted octanol–water partition coefficient (Wildman–Crippen LogP) is 3.31. The molecule has 0 radical (unpaired) electrons. The molecule has 1 rings (SSSR count). The summed E-state index contributed by atoms with van der Waals surface area (Å²) in [6.45, 7) is 5.38. The topological polar surface area (TPSA) is 29.3 Å². The van der Waals surface area contributed by atoms with E-state index in [4.69, 9.17) is 18.0 Å². The van der Waals surface area contributed by atoms with Gasteiger partial charge in [0.1, 0.15) is 0 Å². The molecule has 0 aliphatic heterocycles. The summed E-state index contributed by atoms with van der Waals surface area (Å²) in [6.07, 6.45) is 3.41. The van der Waals surface area contributed by atoms with Crippen molar-refractivity contribution in [2.75, 3.05) is 13.6 Å². The Kier molecular flexibility index (Phi) is 6.30. The second-order valence-corrected chi connectivity index (χ2v) is 5.21. The van der Waals surface area contributed by atoms with Gasteiger partial charge in [-0.3, -0.25) is 4.90 Å². The van der Waals surface area contributed by atoms with Crippen LogP contribution in [-0.2, 0) is 6.42 Å². The maximum atomic E-state index is 5.90. The Morgan fingerprint density at radius 1 is 1.28 bits per heavy atom. The standard InChI is InChI=1S/C15H24N2S/c1-4-6-11-17(3)14(15(16)18)13-9-7-12(5-2)8-10-13/h7-10,14H,4-6,11H2,1-3H3,(H2,16,18). The first kappa shape index (κ1) is 15.1. The predicted molar refractivity (Wildman–Crippen MR) is 82.9 cm³/mol. The summed E-state index contributed by atoms with van der Waals surface area (Å²) in [4.78, 5) is 2.80. The number of benzene rings is 1. The molecule has 2 N–H and O–H groups in total. The first-order valence-corrected chi connectivity index (χ1v) is 7.09. The van der Waals surface area contributed by atoms with Crippen LogP contribution in [0.5, 0.6) is 0 Å². The molecular weight excluding hydrogens is 240 g/mol. The molecule has 0 heterocycles. The van der Waals surface area contributed by atoms with E-state index in [-0.39, 0.29) is 6.04 Å². The smallest absolute Gasteiger partial charge is 0.0948 e. The Balaban J connectivity index is 2.86. The number of unbranched alkanes of at least 4 members (excludes halogenated alkanes) is 1. The number of nitrogens with zero attached hydrogens (tertiary/aromatic N) is 1. The van der Waals surface area contributed by atoms with Crippen molar-refractivity contribution in [3.8, 4) is 0 Å². The lowest BCUT2D eigenvalue weighted by atomic mass is 10.0. The molecule has 2 nitrogen and oxygen atoms in total. The molecule has 0 amide bonds. The van der Waals surface area contributed by atoms with Gasteiger partial charge in [0.2, 0.25) is 0 Å². The highest BCUT2D eigenvalue weighted by atomic mass is 32.1. The fourth-order valence-electron chi connectivity index (χ4n) is 2.11. The van der Waals surface area contributed by atoms with Gasteiger partial charge in [0.25, 0.3) is 0 Å². The largest absolute Gasteiger partial charge is 0.392 e. The van der Waals surface area contributed by atoms with Crippen molar-refractivity contribution in [1.82, 2.24) is 4.90 Å². The fraction of sp³-hybridized carbons (Fsp3) is 0.533. The minimum absolute atomic E-state index is 0.0532. The Morgan fingerprint density at radius 2 is 1.89 bits per heavy atom. The lowest BCUT2D eigenvalue weighted by Gasteiger charge is -2.27. The first-order chi connectivity index (χ1) is 8.60. The van der Waals surface area contributed by atoms with E-state index in [1.165, 1.54) is 24.0 Å². The summed E-state index contributed by atoms with van der Waals surface area (Å²) in [6, 6.07) is 8.66. The highest BCUT2D eigenvalue weighted by Gasteiger charge is 2.19. The molecule has 100 valence electrons. The highest BCUT2D eigenvalue weighted by molar-refractivity contribution is 7.80. The average molecular weight is 264 g/mol. The number of hydrogen-bond donors (Lipinski definition) is 1. The van der Waals surface area contributed by atoms with Gasteiger partial charge >= 0.3 is 0 Å². The Labute approximate surface area is 116 Å². The zero-order valence-electron chi connectivity index (χ0n) is 11.6. The second kappa shape index (κ2) is 7.49. The molecule has 1 aromatic carbocycles. The van der Waals surface area contributed by atoms with Gasteiger partial charge in [-0.05, 0) is 37.6 Å². The summed E-state index contributed by atoms with van der Waals surface area (Å²) >= 11 is 5.22. The molecule has 1 atom stereocenters. The van der Waals surface area contributed by atoms with Crippen molar-refractivity contribution < 1.29 is 0 Å². The lowest BCUT2D eigenvalue weighted by molar-refractivity contribution is 0.296. The summed E-state index contributed by atoms with van der Waals surface area (Å²) < 4.78 is 0. The van der Waals surface area contributed by atoms with Crippen molar-refractivity contribution in [2.24, 2.45) is 5.73 Å². The van der Waals surface area contributed by atoms with Crippen molar-refractivity contribution in [2.45, 2.75) is 39.2 Å². The summed E-state index contributed by atoms with van der Waals surface area (Å²) in [5.41, 5.74) is 8.44. The molecule has 0 aliphatic rings. The molecule has 18 heavy (non-hydrogen) atoms. The average Bonchev–Trinajstić information content (AvgIpc) is 2.37. The number of nitrogens with two attached hydrogens (primary N) is 1.